The van der Waals surface area contributed by atoms with Gasteiger partial charge in [-0.05, 0) is 13.1 Å². The zero-order chi connectivity index (χ0) is 25.7. The Morgan fingerprint density at radius 3 is 2.94 bits per heavy atom. The number of likely N-dealkylation sites (N-methyl/N-ethyl adjacent to an activating group) is 1. The summed E-state index contributed by atoms with van der Waals surface area (Å²) in [5.74, 6) is 0.738. The molecule has 0 aliphatic carbocycles. The van der Waals surface area contributed by atoms with Gasteiger partial charge in [0.1, 0.15) is 40.8 Å². The summed E-state index contributed by atoms with van der Waals surface area (Å²) in [7, 11) is 3.39. The monoisotopic (exact) mass is 493 g/mol. The van der Waals surface area contributed by atoms with Crippen molar-refractivity contribution in [2.45, 2.75) is 19.1 Å². The molecular weight excluding hydrogens is 466 g/mol. The lowest BCUT2D eigenvalue weighted by molar-refractivity contribution is -0.136. The number of nitrogens with zero attached hydrogens (tertiary/aromatic N) is 6. The van der Waals surface area contributed by atoms with Crippen LogP contribution in [0.4, 0.5) is 16.4 Å². The van der Waals surface area contributed by atoms with Gasteiger partial charge in [-0.3, -0.25) is 24.7 Å². The van der Waals surface area contributed by atoms with Crippen LogP contribution >= 0.6 is 0 Å². The van der Waals surface area contributed by atoms with Gasteiger partial charge in [0.2, 0.25) is 5.91 Å². The summed E-state index contributed by atoms with van der Waals surface area (Å²) in [6.45, 7) is 2.94. The van der Waals surface area contributed by atoms with E-state index in [2.05, 4.69) is 15.3 Å². The van der Waals surface area contributed by atoms with Crippen LogP contribution in [0.2, 0.25) is 0 Å². The normalized spacial score (nSPS) is 18.0. The Morgan fingerprint density at radius 2 is 2.25 bits per heavy atom. The van der Waals surface area contributed by atoms with E-state index in [1.165, 1.54) is 24.2 Å². The molecule has 0 saturated carbocycles. The highest BCUT2D eigenvalue weighted by Gasteiger charge is 2.24. The smallest absolute Gasteiger partial charge is 0.328 e. The summed E-state index contributed by atoms with van der Waals surface area (Å²) in [6, 6.07) is 6.28. The van der Waals surface area contributed by atoms with E-state index < -0.39 is 6.03 Å². The van der Waals surface area contributed by atoms with E-state index in [4.69, 9.17) is 9.47 Å². The van der Waals surface area contributed by atoms with Gasteiger partial charge in [-0.25, -0.2) is 14.8 Å². The molecule has 1 unspecified atom stereocenters. The molecule has 3 amide bonds. The third-order valence-electron chi connectivity index (χ3n) is 6.03. The van der Waals surface area contributed by atoms with E-state index in [-0.39, 0.29) is 41.4 Å². The van der Waals surface area contributed by atoms with Crippen LogP contribution in [0, 0.1) is 11.3 Å². The van der Waals surface area contributed by atoms with E-state index in [0.29, 0.717) is 50.3 Å². The van der Waals surface area contributed by atoms with Crippen molar-refractivity contribution >= 4 is 29.9 Å². The quantitative estimate of drug-likeness (QED) is 0.565. The zero-order valence-electron chi connectivity index (χ0n) is 20.1. The van der Waals surface area contributed by atoms with Gasteiger partial charge in [-0.1, -0.05) is 6.07 Å². The van der Waals surface area contributed by atoms with Crippen molar-refractivity contribution in [1.29, 1.82) is 5.26 Å². The summed E-state index contributed by atoms with van der Waals surface area (Å²) >= 11 is 0. The minimum atomic E-state index is -0.547. The Hall–Kier alpha value is -4.08. The zero-order valence-corrected chi connectivity index (χ0v) is 20.1. The number of aldehydes is 1. The minimum absolute atomic E-state index is 0.0140. The Bertz CT molecular complexity index is 1190. The van der Waals surface area contributed by atoms with Gasteiger partial charge in [-0.15, -0.1) is 0 Å². The number of carbonyl (C=O) groups is 3. The molecule has 12 nitrogen and oxygen atoms in total. The molecule has 0 spiro atoms. The number of amides is 3. The number of ether oxygens (including phenoxy) is 2. The second-order valence-corrected chi connectivity index (χ2v) is 8.65. The molecular formula is C24H27N7O5. The maximum absolute atomic E-state index is 12.9. The molecule has 2 fully saturated rings. The number of anilines is 2. The molecule has 2 aromatic rings. The summed E-state index contributed by atoms with van der Waals surface area (Å²) in [4.78, 5) is 50.2. The van der Waals surface area contributed by atoms with Crippen molar-refractivity contribution in [1.82, 2.24) is 19.8 Å². The number of hydrogen-bond donors (Lipinski definition) is 1. The number of nitriles is 1. The fourth-order valence-corrected chi connectivity index (χ4v) is 3.88. The maximum Gasteiger partial charge on any atom is 0.328 e. The van der Waals surface area contributed by atoms with E-state index in [1.807, 2.05) is 18.0 Å². The van der Waals surface area contributed by atoms with Gasteiger partial charge in [0.15, 0.2) is 6.29 Å². The molecule has 2 saturated heterocycles. The fraction of sp³-hybridized carbons (Fsp3) is 0.417. The first-order valence-electron chi connectivity index (χ1n) is 11.5. The fourth-order valence-electron chi connectivity index (χ4n) is 3.88. The van der Waals surface area contributed by atoms with Crippen LogP contribution in [0.1, 0.15) is 28.0 Å². The predicted octanol–water partition coefficient (Wildman–Crippen LogP) is 1.27. The molecule has 0 radical (unpaired) electrons. The highest BCUT2D eigenvalue weighted by molar-refractivity contribution is 6.00. The van der Waals surface area contributed by atoms with Gasteiger partial charge in [0.05, 0.1) is 26.0 Å². The molecule has 2 aromatic heterocycles. The molecule has 1 N–H and O–H groups in total. The average Bonchev–Trinajstić information content (AvgIpc) is 3.38. The Balaban J connectivity index is 1.45. The molecule has 2 aliphatic heterocycles. The van der Waals surface area contributed by atoms with Crippen LogP contribution in [0.15, 0.2) is 24.4 Å². The second-order valence-electron chi connectivity index (χ2n) is 8.65. The van der Waals surface area contributed by atoms with Gasteiger partial charge >= 0.3 is 6.03 Å². The highest BCUT2D eigenvalue weighted by Crippen LogP contribution is 2.24. The van der Waals surface area contributed by atoms with Gasteiger partial charge < -0.3 is 14.4 Å². The standard InChI is InChI=1S/C24H27N7O5/c1-29-6-7-31(23(33)13-29)12-16-3-4-22(27-19(16)14-32)30(2)24(34)28-21-9-20(17(10-25)11-26-21)36-18-5-8-35-15-18/h3-4,9,11,14,18H,5-8,12-13,15H2,1-2H3,(H,26,28,34). The molecule has 0 bridgehead atoms. The van der Waals surface area contributed by atoms with E-state index in [0.717, 1.165) is 6.54 Å². The van der Waals surface area contributed by atoms with Crippen molar-refractivity contribution in [3.63, 3.8) is 0 Å². The van der Waals surface area contributed by atoms with Crippen molar-refractivity contribution in [3.05, 3.63) is 41.2 Å². The van der Waals surface area contributed by atoms with Crippen molar-refractivity contribution in [2.75, 3.05) is 57.2 Å². The molecule has 2 aliphatic rings. The van der Waals surface area contributed by atoms with Crippen LogP contribution < -0.4 is 15.0 Å². The maximum atomic E-state index is 12.9. The largest absolute Gasteiger partial charge is 0.486 e. The van der Waals surface area contributed by atoms with Crippen LogP contribution in [0.25, 0.3) is 0 Å². The van der Waals surface area contributed by atoms with Gasteiger partial charge in [-0.2, -0.15) is 5.26 Å². The Morgan fingerprint density at radius 1 is 1.42 bits per heavy atom. The third kappa shape index (κ3) is 5.76. The van der Waals surface area contributed by atoms with E-state index in [9.17, 15) is 19.6 Å². The summed E-state index contributed by atoms with van der Waals surface area (Å²) in [6.07, 6.45) is 2.49. The number of pyridine rings is 2. The molecule has 0 aromatic carbocycles. The first-order valence-corrected chi connectivity index (χ1v) is 11.5. The number of urea groups is 1. The number of carbonyl (C=O) groups excluding carboxylic acids is 3. The SMILES string of the molecule is CN1CCN(Cc2ccc(N(C)C(=O)Nc3cc(OC4CCOC4)c(C#N)cn3)nc2C=O)C(=O)C1. The lowest BCUT2D eigenvalue weighted by Crippen LogP contribution is -2.48. The van der Waals surface area contributed by atoms with Crippen molar-refractivity contribution in [3.8, 4) is 11.8 Å². The molecule has 1 atom stereocenters. The first-order chi connectivity index (χ1) is 17.4. The summed E-state index contributed by atoms with van der Waals surface area (Å²) < 4.78 is 11.2. The van der Waals surface area contributed by atoms with E-state index in [1.54, 1.807) is 17.0 Å². The number of hydrogen-bond acceptors (Lipinski definition) is 9. The number of aromatic nitrogens is 2. The number of rotatable bonds is 7. The molecule has 4 heterocycles. The van der Waals surface area contributed by atoms with Crippen molar-refractivity contribution < 1.29 is 23.9 Å². The van der Waals surface area contributed by atoms with Crippen LogP contribution in [-0.2, 0) is 16.1 Å². The number of piperazine rings is 1. The van der Waals surface area contributed by atoms with E-state index >= 15 is 0 Å². The minimum Gasteiger partial charge on any atom is -0.486 e. The van der Waals surface area contributed by atoms with Crippen LogP contribution in [0.5, 0.6) is 5.75 Å². The van der Waals surface area contributed by atoms with Gasteiger partial charge in [0.25, 0.3) is 0 Å². The van der Waals surface area contributed by atoms with Crippen LogP contribution in [0.3, 0.4) is 0 Å². The average molecular weight is 494 g/mol. The lowest BCUT2D eigenvalue weighted by atomic mass is 10.1. The second kappa shape index (κ2) is 11.1. The summed E-state index contributed by atoms with van der Waals surface area (Å²) in [5, 5.41) is 12.0. The predicted molar refractivity (Wildman–Crippen MR) is 129 cm³/mol. The molecule has 36 heavy (non-hydrogen) atoms. The number of nitrogens with one attached hydrogen (secondary N) is 1. The molecule has 188 valence electrons. The lowest BCUT2D eigenvalue weighted by Gasteiger charge is -2.32. The topological polar surface area (TPSA) is 141 Å². The first kappa shape index (κ1) is 25.0. The Labute approximate surface area is 208 Å². The van der Waals surface area contributed by atoms with Crippen LogP contribution in [-0.4, -0.2) is 91.0 Å². The van der Waals surface area contributed by atoms with Crippen molar-refractivity contribution in [2.24, 2.45) is 0 Å². The highest BCUT2D eigenvalue weighted by atomic mass is 16.5. The Kier molecular flexibility index (Phi) is 7.72. The summed E-state index contributed by atoms with van der Waals surface area (Å²) in [5.41, 5.74) is 1.01. The third-order valence-corrected chi connectivity index (χ3v) is 6.03. The van der Waals surface area contributed by atoms with Gasteiger partial charge in [0, 0.05) is 44.7 Å². The molecule has 4 rings (SSSR count). The molecule has 12 heteroatoms.